The first-order chi connectivity index (χ1) is 16.0. The van der Waals surface area contributed by atoms with E-state index in [-0.39, 0.29) is 41.8 Å². The zero-order valence-electron chi connectivity index (χ0n) is 20.2. The van der Waals surface area contributed by atoms with Crippen molar-refractivity contribution in [2.24, 2.45) is 13.0 Å². The van der Waals surface area contributed by atoms with Gasteiger partial charge < -0.3 is 14.6 Å². The van der Waals surface area contributed by atoms with Crippen molar-refractivity contribution in [2.75, 3.05) is 25.0 Å². The van der Waals surface area contributed by atoms with Crippen LogP contribution >= 0.6 is 0 Å². The Labute approximate surface area is 200 Å². The third-order valence-electron chi connectivity index (χ3n) is 6.29. The normalized spacial score (nSPS) is 16.8. The zero-order chi connectivity index (χ0) is 25.2. The average Bonchev–Trinajstić information content (AvgIpc) is 3.04. The summed E-state index contributed by atoms with van der Waals surface area (Å²) in [6.45, 7) is 6.82. The van der Waals surface area contributed by atoms with Gasteiger partial charge in [-0.05, 0) is 52.7 Å². The van der Waals surface area contributed by atoms with Crippen molar-refractivity contribution in [3.05, 3.63) is 46.8 Å². The highest BCUT2D eigenvalue weighted by atomic mass is 32.2. The van der Waals surface area contributed by atoms with Gasteiger partial charge in [-0.1, -0.05) is 12.1 Å². The number of Topliss-reactive ketones (excluding diaryl/α,β-unsaturated/α-hetero) is 1. The van der Waals surface area contributed by atoms with Crippen molar-refractivity contribution in [3.63, 3.8) is 0 Å². The fourth-order valence-electron chi connectivity index (χ4n) is 4.24. The maximum Gasteiger partial charge on any atom is 0.341 e. The largest absolute Gasteiger partial charge is 0.462 e. The highest BCUT2D eigenvalue weighted by Gasteiger charge is 2.39. The molecule has 3 rings (SSSR count). The summed E-state index contributed by atoms with van der Waals surface area (Å²) in [5, 5.41) is 2.80. The maximum absolute atomic E-state index is 13.7. The lowest BCUT2D eigenvalue weighted by atomic mass is 9.98. The first kappa shape index (κ1) is 25.6. The summed E-state index contributed by atoms with van der Waals surface area (Å²) in [5.41, 5.74) is 1.94. The summed E-state index contributed by atoms with van der Waals surface area (Å²) < 4.78 is 35.4. The van der Waals surface area contributed by atoms with Gasteiger partial charge in [0.15, 0.2) is 5.78 Å². The summed E-state index contributed by atoms with van der Waals surface area (Å²) >= 11 is 0. The standard InChI is InChI=1S/C24H31N3O6S/c1-6-33-24(30)21-15(2)26(5)16(3)22(21)34(31,32)27-12-8-10-19(14-27)23(29)25-20-11-7-9-18(13-20)17(4)28/h7,9,11,13,19H,6,8,10,12,14H2,1-5H3,(H,25,29). The number of aromatic nitrogens is 1. The van der Waals surface area contributed by atoms with Gasteiger partial charge in [-0.15, -0.1) is 0 Å². The molecule has 1 unspecified atom stereocenters. The lowest BCUT2D eigenvalue weighted by Crippen LogP contribution is -2.44. The van der Waals surface area contributed by atoms with E-state index in [9.17, 15) is 22.8 Å². The number of benzene rings is 1. The number of ketones is 1. The molecule has 34 heavy (non-hydrogen) atoms. The van der Waals surface area contributed by atoms with Crippen LogP contribution in [-0.2, 0) is 26.6 Å². The van der Waals surface area contributed by atoms with E-state index in [4.69, 9.17) is 4.74 Å². The van der Waals surface area contributed by atoms with Crippen molar-refractivity contribution >= 4 is 33.4 Å². The molecule has 0 saturated carbocycles. The van der Waals surface area contributed by atoms with Crippen LogP contribution in [0.4, 0.5) is 5.69 Å². The van der Waals surface area contributed by atoms with Gasteiger partial charge in [0.25, 0.3) is 0 Å². The van der Waals surface area contributed by atoms with Gasteiger partial charge in [-0.2, -0.15) is 4.31 Å². The summed E-state index contributed by atoms with van der Waals surface area (Å²) in [7, 11) is -2.36. The Morgan fingerprint density at radius 2 is 1.88 bits per heavy atom. The Morgan fingerprint density at radius 3 is 2.53 bits per heavy atom. The summed E-state index contributed by atoms with van der Waals surface area (Å²) in [5.74, 6) is -1.68. The number of amides is 1. The Bertz CT molecular complexity index is 1230. The highest BCUT2D eigenvalue weighted by molar-refractivity contribution is 7.89. The van der Waals surface area contributed by atoms with E-state index in [2.05, 4.69) is 5.32 Å². The van der Waals surface area contributed by atoms with Gasteiger partial charge in [-0.25, -0.2) is 13.2 Å². The van der Waals surface area contributed by atoms with Gasteiger partial charge >= 0.3 is 5.97 Å². The molecule has 9 nitrogen and oxygen atoms in total. The number of rotatable bonds is 7. The van der Waals surface area contributed by atoms with Crippen LogP contribution in [-0.4, -0.2) is 54.6 Å². The molecule has 1 aromatic carbocycles. The molecule has 184 valence electrons. The fraction of sp³-hybridized carbons (Fsp3) is 0.458. The van der Waals surface area contributed by atoms with E-state index in [1.807, 2.05) is 0 Å². The van der Waals surface area contributed by atoms with Gasteiger partial charge in [0.2, 0.25) is 15.9 Å². The SMILES string of the molecule is CCOC(=O)c1c(S(=O)(=O)N2CCCC(C(=O)Nc3cccc(C(C)=O)c3)C2)c(C)n(C)c1C. The van der Waals surface area contributed by atoms with Gasteiger partial charge in [0.05, 0.1) is 12.5 Å². The molecule has 1 atom stereocenters. The molecule has 10 heteroatoms. The van der Waals surface area contributed by atoms with Crippen molar-refractivity contribution < 1.29 is 27.5 Å². The van der Waals surface area contributed by atoms with E-state index in [1.165, 1.54) is 11.2 Å². The molecular weight excluding hydrogens is 458 g/mol. The molecule has 2 heterocycles. The molecule has 1 amide bonds. The van der Waals surface area contributed by atoms with Crippen LogP contribution in [0.25, 0.3) is 0 Å². The van der Waals surface area contributed by atoms with Crippen molar-refractivity contribution in [3.8, 4) is 0 Å². The zero-order valence-corrected chi connectivity index (χ0v) is 21.0. The highest BCUT2D eigenvalue weighted by Crippen LogP contribution is 2.32. The van der Waals surface area contributed by atoms with Crippen LogP contribution < -0.4 is 5.32 Å². The Hall–Kier alpha value is -2.98. The Balaban J connectivity index is 1.87. The second-order valence-electron chi connectivity index (χ2n) is 8.48. The topological polar surface area (TPSA) is 115 Å². The molecule has 1 aliphatic rings. The molecule has 1 N–H and O–H groups in total. The summed E-state index contributed by atoms with van der Waals surface area (Å²) in [6, 6.07) is 6.63. The number of hydrogen-bond acceptors (Lipinski definition) is 6. The number of hydrogen-bond donors (Lipinski definition) is 1. The number of sulfonamides is 1. The minimum absolute atomic E-state index is 0.00376. The lowest BCUT2D eigenvalue weighted by Gasteiger charge is -2.31. The first-order valence-corrected chi connectivity index (χ1v) is 12.7. The van der Waals surface area contributed by atoms with E-state index < -0.39 is 21.9 Å². The monoisotopic (exact) mass is 489 g/mol. The summed E-state index contributed by atoms with van der Waals surface area (Å²) in [6.07, 6.45) is 1.03. The maximum atomic E-state index is 13.7. The number of ether oxygens (including phenoxy) is 1. The lowest BCUT2D eigenvalue weighted by molar-refractivity contribution is -0.120. The van der Waals surface area contributed by atoms with Crippen molar-refractivity contribution in [1.82, 2.24) is 8.87 Å². The number of carbonyl (C=O) groups excluding carboxylic acids is 3. The third-order valence-corrected chi connectivity index (χ3v) is 8.32. The molecule has 0 spiro atoms. The number of nitrogens with zero attached hydrogens (tertiary/aromatic N) is 2. The fourth-order valence-corrected chi connectivity index (χ4v) is 6.24. The summed E-state index contributed by atoms with van der Waals surface area (Å²) in [4.78, 5) is 37.1. The minimum atomic E-state index is -4.06. The molecule has 0 bridgehead atoms. The number of carbonyl (C=O) groups is 3. The Morgan fingerprint density at radius 1 is 1.18 bits per heavy atom. The second-order valence-corrected chi connectivity index (χ2v) is 10.4. The second kappa shape index (κ2) is 10.1. The Kier molecular flexibility index (Phi) is 7.62. The predicted octanol–water partition coefficient (Wildman–Crippen LogP) is 3.06. The van der Waals surface area contributed by atoms with Crippen molar-refractivity contribution in [1.29, 1.82) is 0 Å². The smallest absolute Gasteiger partial charge is 0.341 e. The molecule has 2 aromatic rings. The molecule has 1 saturated heterocycles. The average molecular weight is 490 g/mol. The molecule has 0 aliphatic carbocycles. The molecule has 1 fully saturated rings. The van der Waals surface area contributed by atoms with Gasteiger partial charge in [0.1, 0.15) is 10.5 Å². The molecule has 1 aromatic heterocycles. The van der Waals surface area contributed by atoms with Crippen LogP contribution in [0, 0.1) is 19.8 Å². The van der Waals surface area contributed by atoms with Crippen molar-refractivity contribution in [2.45, 2.75) is 45.4 Å². The molecular formula is C24H31N3O6S. The van der Waals surface area contributed by atoms with Crippen LogP contribution in [0.5, 0.6) is 0 Å². The van der Waals surface area contributed by atoms with E-state index in [1.54, 1.807) is 56.7 Å². The minimum Gasteiger partial charge on any atom is -0.462 e. The van der Waals surface area contributed by atoms with E-state index >= 15 is 0 Å². The predicted molar refractivity (Wildman–Crippen MR) is 127 cm³/mol. The van der Waals surface area contributed by atoms with Crippen LogP contribution in [0.15, 0.2) is 29.2 Å². The van der Waals surface area contributed by atoms with Crippen LogP contribution in [0.1, 0.15) is 58.8 Å². The number of anilines is 1. The van der Waals surface area contributed by atoms with E-state index in [0.717, 1.165) is 0 Å². The van der Waals surface area contributed by atoms with Crippen LogP contribution in [0.3, 0.4) is 0 Å². The first-order valence-electron chi connectivity index (χ1n) is 11.2. The number of esters is 1. The number of nitrogens with one attached hydrogen (secondary N) is 1. The molecule has 0 radical (unpaired) electrons. The van der Waals surface area contributed by atoms with Gasteiger partial charge in [0, 0.05) is 42.8 Å². The molecule has 1 aliphatic heterocycles. The van der Waals surface area contributed by atoms with E-state index in [0.29, 0.717) is 35.5 Å². The van der Waals surface area contributed by atoms with Gasteiger partial charge in [-0.3, -0.25) is 9.59 Å². The quantitative estimate of drug-likeness (QED) is 0.472. The number of piperidine rings is 1. The van der Waals surface area contributed by atoms with Crippen LogP contribution in [0.2, 0.25) is 0 Å². The third kappa shape index (κ3) is 4.92.